The number of nitrogens with zero attached hydrogens (tertiary/aromatic N) is 2. The molecule has 0 spiro atoms. The molecular weight excluding hydrogens is 937 g/mol. The molecule has 22 heteroatoms. The van der Waals surface area contributed by atoms with Crippen LogP contribution in [0.1, 0.15) is 163 Å². The number of ether oxygens (including phenoxy) is 6. The van der Waals surface area contributed by atoms with Gasteiger partial charge in [0.2, 0.25) is 11.8 Å². The number of carbonyl (C=O) groups is 8. The van der Waals surface area contributed by atoms with E-state index in [0.29, 0.717) is 51.7 Å². The van der Waals surface area contributed by atoms with Crippen molar-refractivity contribution in [1.29, 1.82) is 0 Å². The second kappa shape index (κ2) is 31.5. The number of carbonyl (C=O) groups excluding carboxylic acids is 8. The Labute approximate surface area is 430 Å². The first-order valence-corrected chi connectivity index (χ1v) is 24.8. The van der Waals surface area contributed by atoms with Gasteiger partial charge in [-0.2, -0.15) is 0 Å². The minimum Gasteiger partial charge on any atom is -0.467 e. The molecule has 0 aromatic rings. The Hall–Kier alpha value is -5.12. The monoisotopic (exact) mass is 1030 g/mol. The minimum absolute atomic E-state index is 0. The average Bonchev–Trinajstić information content (AvgIpc) is 3.86. The van der Waals surface area contributed by atoms with Gasteiger partial charge in [-0.3, -0.25) is 9.59 Å². The number of methoxy groups -OCH3 is 2. The van der Waals surface area contributed by atoms with Gasteiger partial charge in [-0.15, -0.1) is 0 Å². The summed E-state index contributed by atoms with van der Waals surface area (Å²) in [5.74, 6) is -1.92. The first kappa shape index (κ1) is 69.0. The van der Waals surface area contributed by atoms with Crippen molar-refractivity contribution < 1.29 is 66.8 Å². The molecule has 2 rings (SSSR count). The topological polar surface area (TPSA) is 285 Å². The van der Waals surface area contributed by atoms with Crippen molar-refractivity contribution in [3.63, 3.8) is 0 Å². The summed E-state index contributed by atoms with van der Waals surface area (Å²) in [6, 6.07) is -0.762. The largest absolute Gasteiger partial charge is 0.467 e. The van der Waals surface area contributed by atoms with Crippen LogP contribution in [0.2, 0.25) is 0 Å². The van der Waals surface area contributed by atoms with Gasteiger partial charge in [0.15, 0.2) is 11.1 Å². The quantitative estimate of drug-likeness (QED) is 0.0528. The van der Waals surface area contributed by atoms with Crippen LogP contribution < -0.4 is 32.3 Å². The molecule has 2 heterocycles. The Bertz CT molecular complexity index is 1600. The third kappa shape index (κ3) is 28.2. The highest BCUT2D eigenvalue weighted by Crippen LogP contribution is 2.27. The lowest BCUT2D eigenvalue weighted by molar-refractivity contribution is -0.149. The van der Waals surface area contributed by atoms with Crippen LogP contribution in [-0.4, -0.2) is 164 Å². The van der Waals surface area contributed by atoms with Crippen LogP contribution in [0, 0.1) is 5.92 Å². The van der Waals surface area contributed by atoms with E-state index in [-0.39, 0.29) is 57.6 Å². The van der Waals surface area contributed by atoms with Crippen molar-refractivity contribution >= 4 is 48.1 Å². The van der Waals surface area contributed by atoms with Gasteiger partial charge in [-0.05, 0) is 128 Å². The van der Waals surface area contributed by atoms with Crippen LogP contribution in [0.3, 0.4) is 0 Å². The molecule has 0 aromatic heterocycles. The molecule has 0 aliphatic carbocycles. The number of esters is 2. The lowest BCUT2D eigenvalue weighted by Gasteiger charge is -2.30. The summed E-state index contributed by atoms with van der Waals surface area (Å²) in [7, 11) is 2.47. The van der Waals surface area contributed by atoms with Gasteiger partial charge in [0.25, 0.3) is 0 Å². The van der Waals surface area contributed by atoms with E-state index in [1.807, 2.05) is 6.92 Å². The number of likely N-dealkylation sites (tertiary alicyclic amines) is 2. The molecule has 420 valence electrons. The molecule has 7 N–H and O–H groups in total. The second-order valence-electron chi connectivity index (χ2n) is 21.7. The molecule has 2 aliphatic heterocycles. The van der Waals surface area contributed by atoms with Crippen LogP contribution >= 0.6 is 0 Å². The van der Waals surface area contributed by atoms with Gasteiger partial charge in [-0.25, -0.2) is 28.8 Å². The van der Waals surface area contributed by atoms with Gasteiger partial charge in [0.05, 0.1) is 33.4 Å². The Morgan fingerprint density at radius 1 is 0.542 bits per heavy atom. The van der Waals surface area contributed by atoms with E-state index in [9.17, 15) is 38.4 Å². The van der Waals surface area contributed by atoms with Crippen LogP contribution in [0.15, 0.2) is 0 Å². The molecule has 72 heavy (non-hydrogen) atoms. The van der Waals surface area contributed by atoms with E-state index in [4.69, 9.17) is 34.2 Å². The zero-order valence-electron chi connectivity index (χ0n) is 46.2. The molecule has 2 saturated heterocycles. The fourth-order valence-corrected chi connectivity index (χ4v) is 7.14. The lowest BCUT2D eigenvalue weighted by atomic mass is 9.99. The summed E-state index contributed by atoms with van der Waals surface area (Å²) in [6.07, 6.45) is 1.76. The number of unbranched alkanes of at least 4 members (excludes halogenated alkanes) is 2. The maximum absolute atomic E-state index is 12.9. The normalized spacial score (nSPS) is 18.4. The summed E-state index contributed by atoms with van der Waals surface area (Å²) >= 11 is 0. The van der Waals surface area contributed by atoms with E-state index in [2.05, 4.69) is 40.4 Å². The highest BCUT2D eigenvalue weighted by molar-refractivity contribution is 5.90. The SMILES string of the molecule is C.CCNCC.COC(=O)C1(NC(=O)OC(C)(C)C)CCN(C(=O)[C@H](C)CCCCNC(=O)OC(C)(C)C)C1.COC(=O)C1(NC(=O)OC(C)(C)C)CCN(C(=O)[C@H](N)CCCCNC(=O)OC(C)(C)C)C1. The predicted octanol–water partition coefficient (Wildman–Crippen LogP) is 5.92. The summed E-state index contributed by atoms with van der Waals surface area (Å²) in [6.45, 7) is 30.7. The van der Waals surface area contributed by atoms with Crippen molar-refractivity contribution in [3.05, 3.63) is 0 Å². The number of nitrogens with two attached hydrogens (primary N) is 1. The minimum atomic E-state index is -1.39. The van der Waals surface area contributed by atoms with Crippen molar-refractivity contribution in [3.8, 4) is 0 Å². The third-order valence-electron chi connectivity index (χ3n) is 10.4. The summed E-state index contributed by atoms with van der Waals surface area (Å²) in [5, 5.41) is 13.7. The molecule has 0 bridgehead atoms. The zero-order chi connectivity index (χ0) is 55.0. The van der Waals surface area contributed by atoms with Crippen molar-refractivity contribution in [2.75, 3.05) is 66.6 Å². The molecule has 6 amide bonds. The number of rotatable bonds is 18. The predicted molar refractivity (Wildman–Crippen MR) is 275 cm³/mol. The van der Waals surface area contributed by atoms with E-state index in [1.165, 1.54) is 19.1 Å². The highest BCUT2D eigenvalue weighted by atomic mass is 16.6. The van der Waals surface area contributed by atoms with Gasteiger partial charge in [0, 0.05) is 44.9 Å². The molecule has 22 nitrogen and oxygen atoms in total. The highest BCUT2D eigenvalue weighted by Gasteiger charge is 2.51. The third-order valence-corrected chi connectivity index (χ3v) is 10.4. The van der Waals surface area contributed by atoms with Gasteiger partial charge in [-0.1, -0.05) is 34.6 Å². The summed E-state index contributed by atoms with van der Waals surface area (Å²) in [5.41, 5.74) is 0.792. The molecule has 0 saturated carbocycles. The maximum atomic E-state index is 12.9. The number of nitrogens with one attached hydrogen (secondary N) is 5. The van der Waals surface area contributed by atoms with E-state index < -0.39 is 75.8 Å². The maximum Gasteiger partial charge on any atom is 0.408 e. The van der Waals surface area contributed by atoms with Crippen LogP contribution in [0.25, 0.3) is 0 Å². The summed E-state index contributed by atoms with van der Waals surface area (Å²) in [4.78, 5) is 102. The second-order valence-corrected chi connectivity index (χ2v) is 21.7. The first-order chi connectivity index (χ1) is 32.6. The number of hydrogen-bond donors (Lipinski definition) is 6. The van der Waals surface area contributed by atoms with Crippen LogP contribution in [0.4, 0.5) is 19.2 Å². The molecule has 2 aliphatic rings. The fourth-order valence-electron chi connectivity index (χ4n) is 7.14. The molecule has 0 aromatic carbocycles. The van der Waals surface area contributed by atoms with Gasteiger partial charge in [0.1, 0.15) is 22.4 Å². The van der Waals surface area contributed by atoms with Crippen molar-refractivity contribution in [2.45, 2.75) is 202 Å². The number of amides is 6. The van der Waals surface area contributed by atoms with E-state index in [0.717, 1.165) is 19.5 Å². The molecular formula is C50H96N8O14. The average molecular weight is 1030 g/mol. The van der Waals surface area contributed by atoms with Crippen LogP contribution in [-0.2, 0) is 47.6 Å². The van der Waals surface area contributed by atoms with E-state index >= 15 is 0 Å². The van der Waals surface area contributed by atoms with Crippen molar-refractivity contribution in [1.82, 2.24) is 36.4 Å². The molecule has 0 radical (unpaired) electrons. The molecule has 4 atom stereocenters. The molecule has 2 fully saturated rings. The fraction of sp³-hybridized carbons (Fsp3) is 0.840. The zero-order valence-corrected chi connectivity index (χ0v) is 46.2. The Kier molecular flexibility index (Phi) is 30.1. The Morgan fingerprint density at radius 2 is 0.875 bits per heavy atom. The first-order valence-electron chi connectivity index (χ1n) is 24.8. The van der Waals surface area contributed by atoms with Crippen LogP contribution in [0.5, 0.6) is 0 Å². The van der Waals surface area contributed by atoms with E-state index in [1.54, 1.807) is 88.0 Å². The van der Waals surface area contributed by atoms with Gasteiger partial charge >= 0.3 is 36.3 Å². The standard InChI is InChI=1S/C23H41N3O7.C22H40N4O7.C4H11N.CH4/c1-16(11-9-10-13-24-19(29)32-21(2,3)4)17(27)26-14-12-23(15-26,18(28)31-8)25-20(30)33-22(5,6)7;1-20(2,3)32-18(29)24-12-9-8-10-15(23)16(27)26-13-11-22(14-26,17(28)31-7)25-19(30)33-21(4,5)6;1-3-5-4-2;/h16H,9-15H2,1-8H3,(H,24,29)(H,25,30);15H,8-14,23H2,1-7H3,(H,24,29)(H,25,30);5H,3-4H2,1-2H3;1H4/t16-,23?;15-,22?;;/m11../s1. The Balaban J connectivity index is 0. The number of hydrogen-bond acceptors (Lipinski definition) is 16. The van der Waals surface area contributed by atoms with Crippen molar-refractivity contribution in [2.24, 2.45) is 11.7 Å². The lowest BCUT2D eigenvalue weighted by Crippen LogP contribution is -2.58. The Morgan fingerprint density at radius 3 is 1.19 bits per heavy atom. The smallest absolute Gasteiger partial charge is 0.408 e. The number of alkyl carbamates (subject to hydrolysis) is 4. The van der Waals surface area contributed by atoms with Gasteiger partial charge < -0.3 is 70.5 Å². The summed E-state index contributed by atoms with van der Waals surface area (Å²) < 4.78 is 30.7. The molecule has 2 unspecified atom stereocenters.